The molecule has 1 heterocycles. The summed E-state index contributed by atoms with van der Waals surface area (Å²) in [6.45, 7) is 9.52. The first kappa shape index (κ1) is 11.0. The van der Waals surface area contributed by atoms with Gasteiger partial charge in [-0.1, -0.05) is 13.8 Å². The maximum atomic E-state index is 3.48. The molecule has 1 unspecified atom stereocenters. The van der Waals surface area contributed by atoms with Gasteiger partial charge in [0.2, 0.25) is 0 Å². The lowest BCUT2D eigenvalue weighted by molar-refractivity contribution is 0.185. The lowest BCUT2D eigenvalue weighted by atomic mass is 9.84. The van der Waals surface area contributed by atoms with E-state index in [1.807, 2.05) is 0 Å². The van der Waals surface area contributed by atoms with E-state index in [2.05, 4.69) is 31.1 Å². The molecule has 13 heavy (non-hydrogen) atoms. The van der Waals surface area contributed by atoms with Gasteiger partial charge < -0.3 is 10.2 Å². The molecule has 0 radical (unpaired) electrons. The monoisotopic (exact) mass is 184 g/mol. The molecule has 1 aliphatic heterocycles. The Bertz CT molecular complexity index is 139. The van der Waals surface area contributed by atoms with E-state index in [4.69, 9.17) is 0 Å². The Hall–Kier alpha value is -0.0800. The van der Waals surface area contributed by atoms with E-state index in [0.29, 0.717) is 5.41 Å². The predicted octanol–water partition coefficient (Wildman–Crippen LogP) is 1.72. The molecule has 0 bridgehead atoms. The second-order valence-electron chi connectivity index (χ2n) is 4.52. The van der Waals surface area contributed by atoms with Crippen LogP contribution in [0.3, 0.4) is 0 Å². The molecule has 2 nitrogen and oxygen atoms in total. The topological polar surface area (TPSA) is 15.3 Å². The Balaban J connectivity index is 2.38. The maximum Gasteiger partial charge on any atom is 0.00475 e. The molecule has 0 amide bonds. The minimum Gasteiger partial charge on any atom is -0.316 e. The summed E-state index contributed by atoms with van der Waals surface area (Å²) < 4.78 is 0. The molecule has 0 aromatic heterocycles. The molecule has 0 aromatic carbocycles. The Labute approximate surface area is 82.7 Å². The minimum atomic E-state index is 0.573. The first-order valence-corrected chi connectivity index (χ1v) is 5.62. The second kappa shape index (κ2) is 4.97. The van der Waals surface area contributed by atoms with Crippen molar-refractivity contribution in [1.82, 2.24) is 10.2 Å². The molecule has 78 valence electrons. The summed E-state index contributed by atoms with van der Waals surface area (Å²) in [7, 11) is 2.25. The Morgan fingerprint density at radius 2 is 2.15 bits per heavy atom. The second-order valence-corrected chi connectivity index (χ2v) is 4.52. The zero-order valence-electron chi connectivity index (χ0n) is 9.40. The van der Waals surface area contributed by atoms with Crippen LogP contribution in [0, 0.1) is 5.41 Å². The van der Waals surface area contributed by atoms with Gasteiger partial charge in [0.1, 0.15) is 0 Å². The predicted molar refractivity (Wildman–Crippen MR) is 58.0 cm³/mol. The molecule has 0 saturated carbocycles. The van der Waals surface area contributed by atoms with Crippen LogP contribution in [0.25, 0.3) is 0 Å². The van der Waals surface area contributed by atoms with Gasteiger partial charge in [0.25, 0.3) is 0 Å². The van der Waals surface area contributed by atoms with Crippen molar-refractivity contribution in [3.63, 3.8) is 0 Å². The van der Waals surface area contributed by atoms with Gasteiger partial charge in [0, 0.05) is 13.1 Å². The van der Waals surface area contributed by atoms with Gasteiger partial charge in [0.05, 0.1) is 0 Å². The molecular weight excluding hydrogens is 160 g/mol. The van der Waals surface area contributed by atoms with Crippen molar-refractivity contribution in [2.45, 2.75) is 33.1 Å². The van der Waals surface area contributed by atoms with Crippen molar-refractivity contribution >= 4 is 0 Å². The fourth-order valence-corrected chi connectivity index (χ4v) is 2.38. The summed E-state index contributed by atoms with van der Waals surface area (Å²) in [6, 6.07) is 0. The molecule has 1 saturated heterocycles. The van der Waals surface area contributed by atoms with Crippen LogP contribution in [0.15, 0.2) is 0 Å². The molecule has 2 heteroatoms. The van der Waals surface area contributed by atoms with E-state index in [9.17, 15) is 0 Å². The van der Waals surface area contributed by atoms with Crippen LogP contribution >= 0.6 is 0 Å². The third-order valence-corrected chi connectivity index (χ3v) is 3.29. The molecule has 1 atom stereocenters. The van der Waals surface area contributed by atoms with Crippen LogP contribution in [0.4, 0.5) is 0 Å². The van der Waals surface area contributed by atoms with Crippen LogP contribution < -0.4 is 5.32 Å². The highest BCUT2D eigenvalue weighted by Crippen LogP contribution is 2.29. The lowest BCUT2D eigenvalue weighted by Crippen LogP contribution is -2.37. The summed E-state index contributed by atoms with van der Waals surface area (Å²) >= 11 is 0. The number of nitrogens with zero attached hydrogens (tertiary/aromatic N) is 1. The van der Waals surface area contributed by atoms with Crippen molar-refractivity contribution in [2.75, 3.05) is 33.2 Å². The third kappa shape index (κ3) is 2.96. The summed E-state index contributed by atoms with van der Waals surface area (Å²) in [5.41, 5.74) is 0.573. The molecule has 1 N–H and O–H groups in total. The van der Waals surface area contributed by atoms with E-state index < -0.39 is 0 Å². The molecule has 0 aliphatic carbocycles. The van der Waals surface area contributed by atoms with E-state index in [1.165, 1.54) is 45.4 Å². The fourth-order valence-electron chi connectivity index (χ4n) is 2.38. The maximum absolute atomic E-state index is 3.48. The summed E-state index contributed by atoms with van der Waals surface area (Å²) in [6.07, 6.45) is 3.94. The normalized spacial score (nSPS) is 28.6. The fraction of sp³-hybridized carbons (Fsp3) is 1.00. The van der Waals surface area contributed by atoms with Crippen LogP contribution in [0.5, 0.6) is 0 Å². The van der Waals surface area contributed by atoms with Gasteiger partial charge in [-0.3, -0.25) is 0 Å². The van der Waals surface area contributed by atoms with Gasteiger partial charge in [-0.2, -0.15) is 0 Å². The summed E-state index contributed by atoms with van der Waals surface area (Å²) in [5, 5.41) is 3.48. The highest BCUT2D eigenvalue weighted by atomic mass is 15.1. The number of hydrogen-bond donors (Lipinski definition) is 1. The Kier molecular flexibility index (Phi) is 4.20. The third-order valence-electron chi connectivity index (χ3n) is 3.29. The molecule has 1 rings (SSSR count). The first-order chi connectivity index (χ1) is 6.22. The van der Waals surface area contributed by atoms with Gasteiger partial charge in [-0.05, 0) is 44.8 Å². The number of nitrogens with one attached hydrogen (secondary N) is 1. The molecule has 1 aliphatic rings. The zero-order valence-corrected chi connectivity index (χ0v) is 9.40. The smallest absolute Gasteiger partial charge is 0.00475 e. The quantitative estimate of drug-likeness (QED) is 0.700. The van der Waals surface area contributed by atoms with E-state index in [-0.39, 0.29) is 0 Å². The van der Waals surface area contributed by atoms with Crippen molar-refractivity contribution in [2.24, 2.45) is 5.41 Å². The first-order valence-electron chi connectivity index (χ1n) is 5.62. The largest absolute Gasteiger partial charge is 0.316 e. The van der Waals surface area contributed by atoms with Crippen LogP contribution in [0.2, 0.25) is 0 Å². The molecular formula is C11H24N2. The van der Waals surface area contributed by atoms with E-state index >= 15 is 0 Å². The van der Waals surface area contributed by atoms with Crippen LogP contribution in [-0.2, 0) is 0 Å². The Morgan fingerprint density at radius 3 is 2.62 bits per heavy atom. The number of rotatable bonds is 5. The van der Waals surface area contributed by atoms with Gasteiger partial charge in [-0.15, -0.1) is 0 Å². The van der Waals surface area contributed by atoms with Gasteiger partial charge in [-0.25, -0.2) is 0 Å². The van der Waals surface area contributed by atoms with Gasteiger partial charge in [0.15, 0.2) is 0 Å². The average molecular weight is 184 g/mol. The molecule has 0 aromatic rings. The van der Waals surface area contributed by atoms with Crippen molar-refractivity contribution in [1.29, 1.82) is 0 Å². The standard InChI is InChI=1S/C11H24N2/c1-4-8-13(3)10-11(5-2)6-7-12-9-11/h12H,4-10H2,1-3H3. The van der Waals surface area contributed by atoms with Gasteiger partial charge >= 0.3 is 0 Å². The SMILES string of the molecule is CCCN(C)CC1(CC)CCNC1. The van der Waals surface area contributed by atoms with Crippen molar-refractivity contribution < 1.29 is 0 Å². The van der Waals surface area contributed by atoms with E-state index in [0.717, 1.165) is 0 Å². The lowest BCUT2D eigenvalue weighted by Gasteiger charge is -2.31. The average Bonchev–Trinajstić information content (AvgIpc) is 2.54. The highest BCUT2D eigenvalue weighted by molar-refractivity contribution is 4.88. The Morgan fingerprint density at radius 1 is 1.38 bits per heavy atom. The minimum absolute atomic E-state index is 0.573. The molecule has 0 spiro atoms. The van der Waals surface area contributed by atoms with Crippen LogP contribution in [0.1, 0.15) is 33.1 Å². The van der Waals surface area contributed by atoms with Crippen molar-refractivity contribution in [3.8, 4) is 0 Å². The number of hydrogen-bond acceptors (Lipinski definition) is 2. The van der Waals surface area contributed by atoms with Crippen LogP contribution in [-0.4, -0.2) is 38.1 Å². The molecule has 1 fully saturated rings. The van der Waals surface area contributed by atoms with E-state index in [1.54, 1.807) is 0 Å². The van der Waals surface area contributed by atoms with Crippen molar-refractivity contribution in [3.05, 3.63) is 0 Å². The summed E-state index contributed by atoms with van der Waals surface area (Å²) in [5.74, 6) is 0. The summed E-state index contributed by atoms with van der Waals surface area (Å²) in [4.78, 5) is 2.48. The zero-order chi connectivity index (χ0) is 9.73. The highest BCUT2D eigenvalue weighted by Gasteiger charge is 2.32.